The van der Waals surface area contributed by atoms with E-state index in [1.165, 1.54) is 12.1 Å². The summed E-state index contributed by atoms with van der Waals surface area (Å²) in [6.45, 7) is 4.93. The Balaban J connectivity index is 1.98. The number of halogens is 3. The highest BCUT2D eigenvalue weighted by Gasteiger charge is 2.75. The van der Waals surface area contributed by atoms with E-state index >= 15 is 0 Å². The van der Waals surface area contributed by atoms with Gasteiger partial charge >= 0.3 is 18.1 Å². The molecule has 1 aromatic rings. The molecular weight excluding hydrogens is 351 g/mol. The summed E-state index contributed by atoms with van der Waals surface area (Å²) in [6, 6.07) is 4.17. The van der Waals surface area contributed by atoms with E-state index in [4.69, 9.17) is 4.74 Å². The maximum absolute atomic E-state index is 13.0. The molecule has 1 aromatic carbocycles. The van der Waals surface area contributed by atoms with Gasteiger partial charge in [-0.05, 0) is 38.0 Å². The van der Waals surface area contributed by atoms with Crippen LogP contribution in [-0.2, 0) is 25.3 Å². The van der Waals surface area contributed by atoms with Crippen LogP contribution < -0.4 is 5.32 Å². The third-order valence-corrected chi connectivity index (χ3v) is 6.27. The molecule has 1 N–H and O–H groups in total. The van der Waals surface area contributed by atoms with E-state index < -0.39 is 45.8 Å². The number of esters is 2. The molecule has 26 heavy (non-hydrogen) atoms. The summed E-state index contributed by atoms with van der Waals surface area (Å²) in [4.78, 5) is 37.7. The van der Waals surface area contributed by atoms with Crippen molar-refractivity contribution >= 4 is 23.5 Å². The van der Waals surface area contributed by atoms with E-state index in [1.807, 2.05) is 0 Å². The van der Waals surface area contributed by atoms with Gasteiger partial charge in [-0.25, -0.2) is 0 Å². The number of hydrogen-bond donors (Lipinski definition) is 1. The second-order valence-electron chi connectivity index (χ2n) is 7.57. The van der Waals surface area contributed by atoms with Gasteiger partial charge in [-0.1, -0.05) is 19.9 Å². The van der Waals surface area contributed by atoms with E-state index in [2.05, 4.69) is 5.32 Å². The average molecular weight is 369 g/mol. The molecule has 1 heterocycles. The number of rotatable bonds is 2. The van der Waals surface area contributed by atoms with Crippen LogP contribution in [0.25, 0.3) is 0 Å². The van der Waals surface area contributed by atoms with Gasteiger partial charge in [0, 0.05) is 11.1 Å². The first kappa shape index (κ1) is 18.4. The maximum Gasteiger partial charge on any atom is 0.416 e. The largest absolute Gasteiger partial charge is 0.416 e. The molecule has 2 atom stereocenters. The zero-order chi connectivity index (χ0) is 19.5. The molecule has 1 amide bonds. The molecule has 3 rings (SSSR count). The average Bonchev–Trinajstić information content (AvgIpc) is 2.68. The summed E-state index contributed by atoms with van der Waals surface area (Å²) in [5.41, 5.74) is -4.69. The number of nitrogens with one attached hydrogen (secondary N) is 1. The van der Waals surface area contributed by atoms with Crippen molar-refractivity contribution in [3.8, 4) is 0 Å². The molecule has 140 valence electrons. The number of alkyl halides is 3. The summed E-state index contributed by atoms with van der Waals surface area (Å²) in [5.74, 6) is -2.39. The fourth-order valence-electron chi connectivity index (χ4n) is 4.03. The Morgan fingerprint density at radius 2 is 1.77 bits per heavy atom. The van der Waals surface area contributed by atoms with Gasteiger partial charge < -0.3 is 10.1 Å². The predicted octanol–water partition coefficient (Wildman–Crippen LogP) is 3.54. The van der Waals surface area contributed by atoms with Crippen LogP contribution >= 0.6 is 0 Å². The zero-order valence-corrected chi connectivity index (χ0v) is 14.5. The summed E-state index contributed by atoms with van der Waals surface area (Å²) in [5, 5.41) is 2.41. The van der Waals surface area contributed by atoms with Gasteiger partial charge in [0.15, 0.2) is 5.41 Å². The molecule has 1 saturated heterocycles. The minimum atomic E-state index is -4.56. The van der Waals surface area contributed by atoms with Crippen molar-refractivity contribution in [1.82, 2.24) is 0 Å². The van der Waals surface area contributed by atoms with Gasteiger partial charge in [-0.15, -0.1) is 0 Å². The molecule has 0 aromatic heterocycles. The standard InChI is InChI=1S/C18H18F3NO4/c1-15(2)16(3)7-8-17(15,14(25)26-13(16)24)12(23)22-11-6-4-5-10(9-11)18(19,20)21/h4-6,9H,7-8H2,1-3H3,(H,22,23). The molecule has 8 heteroatoms. The first-order valence-electron chi connectivity index (χ1n) is 8.12. The minimum absolute atomic E-state index is 0.0756. The van der Waals surface area contributed by atoms with Gasteiger partial charge in [0.25, 0.3) is 0 Å². The van der Waals surface area contributed by atoms with Gasteiger partial charge in [0.05, 0.1) is 11.0 Å². The van der Waals surface area contributed by atoms with Crippen LogP contribution in [0.1, 0.15) is 39.2 Å². The van der Waals surface area contributed by atoms with E-state index in [1.54, 1.807) is 20.8 Å². The van der Waals surface area contributed by atoms with Gasteiger partial charge in [-0.3, -0.25) is 14.4 Å². The summed E-state index contributed by atoms with van der Waals surface area (Å²) in [7, 11) is 0. The lowest BCUT2D eigenvalue weighted by atomic mass is 9.57. The fraction of sp³-hybridized carbons (Fsp3) is 0.500. The number of hydrogen-bond acceptors (Lipinski definition) is 4. The monoisotopic (exact) mass is 369 g/mol. The Kier molecular flexibility index (Phi) is 3.76. The van der Waals surface area contributed by atoms with Crippen LogP contribution in [0, 0.1) is 16.2 Å². The summed E-state index contributed by atoms with van der Waals surface area (Å²) >= 11 is 0. The molecule has 1 aliphatic carbocycles. The van der Waals surface area contributed by atoms with Crippen molar-refractivity contribution < 1.29 is 32.3 Å². The van der Waals surface area contributed by atoms with E-state index in [-0.39, 0.29) is 18.5 Å². The minimum Gasteiger partial charge on any atom is -0.392 e. The maximum atomic E-state index is 13.0. The lowest BCUT2D eigenvalue weighted by molar-refractivity contribution is -0.195. The summed E-state index contributed by atoms with van der Waals surface area (Å²) in [6.07, 6.45) is -4.19. The number of benzene rings is 1. The smallest absolute Gasteiger partial charge is 0.392 e. The van der Waals surface area contributed by atoms with Gasteiger partial charge in [0.2, 0.25) is 5.91 Å². The topological polar surface area (TPSA) is 72.5 Å². The summed E-state index contributed by atoms with van der Waals surface area (Å²) < 4.78 is 43.4. The lowest BCUT2D eigenvalue weighted by Gasteiger charge is -2.48. The number of carbonyl (C=O) groups excluding carboxylic acids is 3. The molecule has 0 spiro atoms. The number of fused-ring (bicyclic) bond motifs is 2. The van der Waals surface area contributed by atoms with Gasteiger partial charge in [-0.2, -0.15) is 13.2 Å². The quantitative estimate of drug-likeness (QED) is 0.639. The second-order valence-corrected chi connectivity index (χ2v) is 7.57. The third-order valence-electron chi connectivity index (χ3n) is 6.27. The van der Waals surface area contributed by atoms with Crippen LogP contribution in [0.4, 0.5) is 18.9 Å². The predicted molar refractivity (Wildman–Crippen MR) is 84.7 cm³/mol. The molecule has 1 aliphatic heterocycles. The third kappa shape index (κ3) is 2.20. The molecule has 2 unspecified atom stereocenters. The SMILES string of the molecule is CC12CCC(C(=O)Nc3cccc(C(F)(F)F)c3)(C(=O)OC1=O)C2(C)C. The Labute approximate surface area is 147 Å². The highest BCUT2D eigenvalue weighted by atomic mass is 19.4. The van der Waals surface area contributed by atoms with Gasteiger partial charge in [0.1, 0.15) is 0 Å². The normalized spacial score (nSPS) is 30.1. The molecule has 2 aliphatic rings. The number of ether oxygens (including phenoxy) is 1. The van der Waals surface area contributed by atoms with E-state index in [0.29, 0.717) is 0 Å². The number of amides is 1. The van der Waals surface area contributed by atoms with Crippen LogP contribution in [0.3, 0.4) is 0 Å². The molecule has 2 fully saturated rings. The van der Waals surface area contributed by atoms with Crippen molar-refractivity contribution in [3.05, 3.63) is 29.8 Å². The zero-order valence-electron chi connectivity index (χ0n) is 14.5. The Morgan fingerprint density at radius 1 is 1.12 bits per heavy atom. The van der Waals surface area contributed by atoms with Crippen LogP contribution in [-0.4, -0.2) is 17.8 Å². The molecule has 5 nitrogen and oxygen atoms in total. The van der Waals surface area contributed by atoms with Crippen molar-refractivity contribution in [1.29, 1.82) is 0 Å². The lowest BCUT2D eigenvalue weighted by Crippen LogP contribution is -2.61. The van der Waals surface area contributed by atoms with Crippen molar-refractivity contribution in [3.63, 3.8) is 0 Å². The number of cyclic esters (lactones) is 2. The first-order chi connectivity index (χ1) is 11.9. The molecule has 1 saturated carbocycles. The fourth-order valence-corrected chi connectivity index (χ4v) is 4.03. The highest BCUT2D eigenvalue weighted by Crippen LogP contribution is 2.66. The highest BCUT2D eigenvalue weighted by molar-refractivity contribution is 6.15. The molecule has 2 bridgehead atoms. The Bertz CT molecular complexity index is 817. The van der Waals surface area contributed by atoms with Crippen molar-refractivity contribution in [2.24, 2.45) is 16.2 Å². The van der Waals surface area contributed by atoms with E-state index in [0.717, 1.165) is 12.1 Å². The second kappa shape index (κ2) is 5.31. The van der Waals surface area contributed by atoms with Crippen molar-refractivity contribution in [2.75, 3.05) is 5.32 Å². The van der Waals surface area contributed by atoms with Crippen LogP contribution in [0.2, 0.25) is 0 Å². The molecular formula is C18H18F3NO4. The van der Waals surface area contributed by atoms with Crippen LogP contribution in [0.5, 0.6) is 0 Å². The van der Waals surface area contributed by atoms with E-state index in [9.17, 15) is 27.6 Å². The Morgan fingerprint density at radius 3 is 2.38 bits per heavy atom. The first-order valence-corrected chi connectivity index (χ1v) is 8.12. The number of carbonyl (C=O) groups is 3. The number of anilines is 1. The molecule has 0 radical (unpaired) electrons. The Hall–Kier alpha value is -2.38. The van der Waals surface area contributed by atoms with Crippen molar-refractivity contribution in [2.45, 2.75) is 39.8 Å². The van der Waals surface area contributed by atoms with Crippen LogP contribution in [0.15, 0.2) is 24.3 Å².